The normalized spacial score (nSPS) is 17.2. The summed E-state index contributed by atoms with van der Waals surface area (Å²) in [5.41, 5.74) is 0.783. The van der Waals surface area contributed by atoms with Crippen LogP contribution in [0.5, 0.6) is 0 Å². The van der Waals surface area contributed by atoms with Crippen molar-refractivity contribution in [3.05, 3.63) is 54.3 Å². The minimum absolute atomic E-state index is 0.222. The first kappa shape index (κ1) is 12.1. The molecule has 0 saturated heterocycles. The van der Waals surface area contributed by atoms with Gasteiger partial charge in [-0.15, -0.1) is 25.3 Å². The molecule has 1 aliphatic rings. The van der Waals surface area contributed by atoms with E-state index in [9.17, 15) is 4.79 Å². The van der Waals surface area contributed by atoms with Gasteiger partial charge in [-0.2, -0.15) is 0 Å². The summed E-state index contributed by atoms with van der Waals surface area (Å²) in [4.78, 5) is 12.9. The number of hydrogen-bond acceptors (Lipinski definition) is 4. The van der Waals surface area contributed by atoms with Gasteiger partial charge in [0.25, 0.3) is 0 Å². The van der Waals surface area contributed by atoms with Gasteiger partial charge < -0.3 is 10.0 Å². The molecule has 1 N–H and O–H groups in total. The predicted octanol–water partition coefficient (Wildman–Crippen LogP) is 2.79. The van der Waals surface area contributed by atoms with Gasteiger partial charge in [0.05, 0.1) is 11.3 Å². The second-order valence-corrected chi connectivity index (χ2v) is 5.30. The fraction of sp³-hybridized carbons (Fsp3) is 0.0833. The third kappa shape index (κ3) is 2.35. The van der Waals surface area contributed by atoms with Crippen molar-refractivity contribution in [3.8, 4) is 0 Å². The zero-order valence-corrected chi connectivity index (χ0v) is 10.6. The average molecular weight is 265 g/mol. The molecule has 0 aliphatic carbocycles. The van der Waals surface area contributed by atoms with Crippen LogP contribution in [0.1, 0.15) is 10.4 Å². The average Bonchev–Trinajstić information content (AvgIpc) is 2.28. The molecule has 5 heteroatoms. The Morgan fingerprint density at radius 3 is 2.59 bits per heavy atom. The van der Waals surface area contributed by atoms with Gasteiger partial charge >= 0.3 is 5.97 Å². The Kier molecular flexibility index (Phi) is 3.22. The van der Waals surface area contributed by atoms with E-state index in [1.54, 1.807) is 41.4 Å². The summed E-state index contributed by atoms with van der Waals surface area (Å²) in [6.45, 7) is 0. The van der Waals surface area contributed by atoms with E-state index in [1.807, 2.05) is 12.2 Å². The van der Waals surface area contributed by atoms with E-state index in [0.29, 0.717) is 5.69 Å². The molecular formula is C12H11NO2S2. The summed E-state index contributed by atoms with van der Waals surface area (Å²) in [7, 11) is 0. The van der Waals surface area contributed by atoms with Crippen LogP contribution in [0.15, 0.2) is 48.7 Å². The molecule has 0 atom stereocenters. The Labute approximate surface area is 110 Å². The highest BCUT2D eigenvalue weighted by Crippen LogP contribution is 2.36. The Morgan fingerprint density at radius 2 is 1.94 bits per heavy atom. The number of carboxylic acids is 1. The Morgan fingerprint density at radius 1 is 1.24 bits per heavy atom. The zero-order valence-electron chi connectivity index (χ0n) is 8.82. The lowest BCUT2D eigenvalue weighted by Gasteiger charge is -2.35. The van der Waals surface area contributed by atoms with Crippen LogP contribution in [0.4, 0.5) is 5.69 Å². The van der Waals surface area contributed by atoms with E-state index in [1.165, 1.54) is 0 Å². The first-order chi connectivity index (χ1) is 8.02. The first-order valence-electron chi connectivity index (χ1n) is 4.95. The van der Waals surface area contributed by atoms with Gasteiger partial charge in [-0.05, 0) is 24.3 Å². The number of hydrogen-bond donors (Lipinski definition) is 3. The van der Waals surface area contributed by atoms with Crippen LogP contribution in [0.3, 0.4) is 0 Å². The summed E-state index contributed by atoms with van der Waals surface area (Å²) in [6, 6.07) is 6.76. The van der Waals surface area contributed by atoms with Gasteiger partial charge in [-0.1, -0.05) is 18.2 Å². The number of nitrogens with zero attached hydrogens (tertiary/aromatic N) is 1. The SMILES string of the molecule is O=C(O)c1ccccc1N1C=CC=CC1(S)S. The smallest absolute Gasteiger partial charge is 0.337 e. The Hall–Kier alpha value is -1.33. The number of thiol groups is 2. The molecular weight excluding hydrogens is 254 g/mol. The molecule has 88 valence electrons. The van der Waals surface area contributed by atoms with Crippen molar-refractivity contribution in [2.24, 2.45) is 0 Å². The van der Waals surface area contributed by atoms with E-state index < -0.39 is 10.2 Å². The largest absolute Gasteiger partial charge is 0.478 e. The molecule has 3 nitrogen and oxygen atoms in total. The zero-order chi connectivity index (χ0) is 12.5. The molecule has 0 radical (unpaired) electrons. The Bertz CT molecular complexity index is 509. The molecule has 17 heavy (non-hydrogen) atoms. The van der Waals surface area contributed by atoms with Gasteiger partial charge in [0.15, 0.2) is 4.20 Å². The number of aromatic carboxylic acids is 1. The van der Waals surface area contributed by atoms with Crippen LogP contribution in [0.25, 0.3) is 0 Å². The predicted molar refractivity (Wildman–Crippen MR) is 74.9 cm³/mol. The lowest BCUT2D eigenvalue weighted by atomic mass is 10.1. The fourth-order valence-corrected chi connectivity index (χ4v) is 2.15. The number of allylic oxidation sites excluding steroid dienone is 2. The molecule has 2 rings (SSSR count). The van der Waals surface area contributed by atoms with Crippen LogP contribution < -0.4 is 4.90 Å². The molecule has 0 unspecified atom stereocenters. The number of benzene rings is 1. The van der Waals surface area contributed by atoms with Crippen molar-refractivity contribution in [1.82, 2.24) is 0 Å². The van der Waals surface area contributed by atoms with Crippen LogP contribution >= 0.6 is 25.3 Å². The van der Waals surface area contributed by atoms with Crippen molar-refractivity contribution < 1.29 is 9.90 Å². The number of rotatable bonds is 2. The van der Waals surface area contributed by atoms with Crippen LogP contribution in [-0.2, 0) is 0 Å². The van der Waals surface area contributed by atoms with E-state index in [4.69, 9.17) is 5.11 Å². The molecule has 0 bridgehead atoms. The molecule has 1 aromatic rings. The quantitative estimate of drug-likeness (QED) is 0.569. The second-order valence-electron chi connectivity index (χ2n) is 3.58. The maximum Gasteiger partial charge on any atom is 0.337 e. The maximum atomic E-state index is 11.2. The maximum absolute atomic E-state index is 11.2. The summed E-state index contributed by atoms with van der Waals surface area (Å²) in [5, 5.41) is 9.15. The molecule has 1 aliphatic heterocycles. The van der Waals surface area contributed by atoms with Crippen molar-refractivity contribution >= 4 is 36.9 Å². The van der Waals surface area contributed by atoms with Crippen molar-refractivity contribution in [3.63, 3.8) is 0 Å². The highest BCUT2D eigenvalue weighted by Gasteiger charge is 2.29. The minimum Gasteiger partial charge on any atom is -0.478 e. The van der Waals surface area contributed by atoms with Gasteiger partial charge in [-0.25, -0.2) is 4.79 Å². The fourth-order valence-electron chi connectivity index (χ4n) is 1.63. The minimum atomic E-state index is -0.971. The molecule has 0 spiro atoms. The first-order valence-corrected chi connectivity index (χ1v) is 5.84. The van der Waals surface area contributed by atoms with Crippen molar-refractivity contribution in [2.45, 2.75) is 4.20 Å². The molecule has 1 heterocycles. The van der Waals surface area contributed by atoms with Crippen LogP contribution in [-0.4, -0.2) is 15.3 Å². The van der Waals surface area contributed by atoms with Crippen molar-refractivity contribution in [2.75, 3.05) is 4.90 Å². The van der Waals surface area contributed by atoms with Crippen LogP contribution in [0, 0.1) is 0 Å². The summed E-state index contributed by atoms with van der Waals surface area (Å²) in [5.74, 6) is -0.971. The lowest BCUT2D eigenvalue weighted by molar-refractivity contribution is 0.0697. The number of carboxylic acid groups (broad SMARTS) is 1. The molecule has 1 aromatic carbocycles. The Balaban J connectivity index is 2.51. The van der Waals surface area contributed by atoms with Gasteiger partial charge in [0, 0.05) is 6.20 Å². The van der Waals surface area contributed by atoms with Crippen LogP contribution in [0.2, 0.25) is 0 Å². The summed E-state index contributed by atoms with van der Waals surface area (Å²) in [6.07, 6.45) is 7.16. The molecule has 0 aromatic heterocycles. The van der Waals surface area contributed by atoms with E-state index in [0.717, 1.165) is 0 Å². The third-order valence-electron chi connectivity index (χ3n) is 2.41. The summed E-state index contributed by atoms with van der Waals surface area (Å²) >= 11 is 8.80. The molecule has 0 fully saturated rings. The molecule has 0 saturated carbocycles. The standard InChI is InChI=1S/C12H11NO2S2/c14-11(15)9-5-1-2-6-10(9)13-8-4-3-7-12(13,16)17/h1-8,16-17H,(H,14,15). The number of anilines is 1. The topological polar surface area (TPSA) is 40.5 Å². The van der Waals surface area contributed by atoms with Gasteiger partial charge in [0.2, 0.25) is 0 Å². The van der Waals surface area contributed by atoms with E-state index in [2.05, 4.69) is 25.3 Å². The highest BCUT2D eigenvalue weighted by atomic mass is 32.2. The number of para-hydroxylation sites is 1. The second kappa shape index (κ2) is 4.50. The molecule has 0 amide bonds. The number of carbonyl (C=O) groups is 1. The van der Waals surface area contributed by atoms with Gasteiger partial charge in [-0.3, -0.25) is 0 Å². The third-order valence-corrected chi connectivity index (χ3v) is 3.14. The summed E-state index contributed by atoms with van der Waals surface area (Å²) < 4.78 is -0.833. The van der Waals surface area contributed by atoms with E-state index >= 15 is 0 Å². The van der Waals surface area contributed by atoms with Gasteiger partial charge in [0.1, 0.15) is 0 Å². The van der Waals surface area contributed by atoms with Crippen molar-refractivity contribution in [1.29, 1.82) is 0 Å². The highest BCUT2D eigenvalue weighted by molar-refractivity contribution is 8.01. The lowest BCUT2D eigenvalue weighted by Crippen LogP contribution is -2.36. The monoisotopic (exact) mass is 265 g/mol. The van der Waals surface area contributed by atoms with E-state index in [-0.39, 0.29) is 5.56 Å².